The molecular weight excluding hydrogens is 326 g/mol. The number of nitrogens with zero attached hydrogens (tertiary/aromatic N) is 1. The number of benzene rings is 1. The zero-order valence-electron chi connectivity index (χ0n) is 16.8. The van der Waals surface area contributed by atoms with Gasteiger partial charge < -0.3 is 20.5 Å². The molecular formula is C21H35N3O2. The molecule has 3 N–H and O–H groups in total. The number of guanidine groups is 1. The van der Waals surface area contributed by atoms with E-state index in [-0.39, 0.29) is 17.4 Å². The lowest BCUT2D eigenvalue weighted by molar-refractivity contribution is 0.127. The molecule has 0 bridgehead atoms. The molecule has 1 saturated heterocycles. The Morgan fingerprint density at radius 3 is 2.54 bits per heavy atom. The zero-order chi connectivity index (χ0) is 19.0. The Kier molecular flexibility index (Phi) is 7.47. The summed E-state index contributed by atoms with van der Waals surface area (Å²) in [5, 5.41) is 16.1. The molecule has 1 unspecified atom stereocenters. The van der Waals surface area contributed by atoms with Gasteiger partial charge in [-0.15, -0.1) is 0 Å². The van der Waals surface area contributed by atoms with Crippen LogP contribution < -0.4 is 10.6 Å². The first-order valence-electron chi connectivity index (χ1n) is 9.67. The quantitative estimate of drug-likeness (QED) is 0.492. The standard InChI is InChI=1S/C21H35N3O2/c1-5-20(2,3)18-8-6-17(7-9-18)14-23-19(22-4)24-15-21(10-12-25)11-13-26-16-21/h6-9,25H,5,10-16H2,1-4H3,(H2,22,23,24). The number of hydrogen-bond acceptors (Lipinski definition) is 3. The molecule has 0 radical (unpaired) electrons. The minimum atomic E-state index is 0.0136. The van der Waals surface area contributed by atoms with E-state index in [1.54, 1.807) is 7.05 Å². The van der Waals surface area contributed by atoms with E-state index >= 15 is 0 Å². The summed E-state index contributed by atoms with van der Waals surface area (Å²) >= 11 is 0. The number of aliphatic hydroxyl groups excluding tert-OH is 1. The van der Waals surface area contributed by atoms with Crippen molar-refractivity contribution in [3.05, 3.63) is 35.4 Å². The molecule has 5 heteroatoms. The molecule has 1 aromatic carbocycles. The van der Waals surface area contributed by atoms with Crippen molar-refractivity contribution in [2.75, 3.05) is 33.4 Å². The van der Waals surface area contributed by atoms with Gasteiger partial charge in [0.05, 0.1) is 6.61 Å². The van der Waals surface area contributed by atoms with E-state index in [2.05, 4.69) is 60.7 Å². The molecule has 1 fully saturated rings. The molecule has 1 heterocycles. The number of ether oxygens (including phenoxy) is 1. The van der Waals surface area contributed by atoms with Crippen LogP contribution in [-0.4, -0.2) is 44.5 Å². The molecule has 1 aromatic rings. The van der Waals surface area contributed by atoms with Gasteiger partial charge in [0.2, 0.25) is 0 Å². The van der Waals surface area contributed by atoms with Gasteiger partial charge in [-0.25, -0.2) is 0 Å². The van der Waals surface area contributed by atoms with Crippen LogP contribution in [0.1, 0.15) is 51.2 Å². The minimum absolute atomic E-state index is 0.0136. The second-order valence-corrected chi connectivity index (χ2v) is 7.99. The Morgan fingerprint density at radius 1 is 1.27 bits per heavy atom. The summed E-state index contributed by atoms with van der Waals surface area (Å²) in [5.41, 5.74) is 2.84. The van der Waals surface area contributed by atoms with Crippen molar-refractivity contribution in [3.63, 3.8) is 0 Å². The van der Waals surface area contributed by atoms with Crippen LogP contribution in [0.5, 0.6) is 0 Å². The Labute approximate surface area is 158 Å². The van der Waals surface area contributed by atoms with Crippen molar-refractivity contribution in [2.24, 2.45) is 10.4 Å². The van der Waals surface area contributed by atoms with Crippen LogP contribution >= 0.6 is 0 Å². The summed E-state index contributed by atoms with van der Waals surface area (Å²) in [6, 6.07) is 8.82. The van der Waals surface area contributed by atoms with Gasteiger partial charge in [0, 0.05) is 38.8 Å². The molecule has 0 saturated carbocycles. The van der Waals surface area contributed by atoms with E-state index in [4.69, 9.17) is 4.74 Å². The average Bonchev–Trinajstić information content (AvgIpc) is 3.11. The highest BCUT2D eigenvalue weighted by molar-refractivity contribution is 5.79. The number of aliphatic hydroxyl groups is 1. The van der Waals surface area contributed by atoms with Crippen LogP contribution in [0.15, 0.2) is 29.3 Å². The molecule has 0 spiro atoms. The highest BCUT2D eigenvalue weighted by Gasteiger charge is 2.34. The Hall–Kier alpha value is -1.59. The first kappa shape index (κ1) is 20.7. The fourth-order valence-corrected chi connectivity index (χ4v) is 3.27. The van der Waals surface area contributed by atoms with Gasteiger partial charge in [0.15, 0.2) is 5.96 Å². The van der Waals surface area contributed by atoms with Gasteiger partial charge in [0.25, 0.3) is 0 Å². The number of aliphatic imine (C=N–C) groups is 1. The van der Waals surface area contributed by atoms with Crippen molar-refractivity contribution in [2.45, 2.75) is 52.0 Å². The highest BCUT2D eigenvalue weighted by atomic mass is 16.5. The SMILES string of the molecule is CCC(C)(C)c1ccc(CNC(=NC)NCC2(CCO)CCOC2)cc1. The van der Waals surface area contributed by atoms with E-state index in [0.717, 1.165) is 44.9 Å². The van der Waals surface area contributed by atoms with Gasteiger partial charge in [-0.2, -0.15) is 0 Å². The molecule has 146 valence electrons. The maximum absolute atomic E-state index is 9.33. The van der Waals surface area contributed by atoms with Gasteiger partial charge in [-0.1, -0.05) is 45.0 Å². The monoisotopic (exact) mass is 361 g/mol. The van der Waals surface area contributed by atoms with Crippen molar-refractivity contribution in [1.29, 1.82) is 0 Å². The molecule has 1 aliphatic heterocycles. The van der Waals surface area contributed by atoms with Crippen molar-refractivity contribution >= 4 is 5.96 Å². The number of hydrogen-bond donors (Lipinski definition) is 3. The van der Waals surface area contributed by atoms with Crippen LogP contribution in [0.4, 0.5) is 0 Å². The molecule has 0 aliphatic carbocycles. The average molecular weight is 362 g/mol. The predicted molar refractivity (Wildman–Crippen MR) is 108 cm³/mol. The first-order valence-corrected chi connectivity index (χ1v) is 9.67. The maximum Gasteiger partial charge on any atom is 0.191 e. The summed E-state index contributed by atoms with van der Waals surface area (Å²) < 4.78 is 5.54. The third kappa shape index (κ3) is 5.45. The molecule has 0 aromatic heterocycles. The number of nitrogens with one attached hydrogen (secondary N) is 2. The van der Waals surface area contributed by atoms with Crippen molar-refractivity contribution < 1.29 is 9.84 Å². The summed E-state index contributed by atoms with van der Waals surface area (Å²) in [6.07, 6.45) is 2.86. The van der Waals surface area contributed by atoms with Gasteiger partial charge in [-0.3, -0.25) is 4.99 Å². The van der Waals surface area contributed by atoms with E-state index in [1.807, 2.05) is 0 Å². The Balaban J connectivity index is 1.87. The van der Waals surface area contributed by atoms with Crippen LogP contribution in [0, 0.1) is 5.41 Å². The Bertz CT molecular complexity index is 575. The fraction of sp³-hybridized carbons (Fsp3) is 0.667. The molecule has 5 nitrogen and oxygen atoms in total. The van der Waals surface area contributed by atoms with Crippen LogP contribution in [0.2, 0.25) is 0 Å². The molecule has 2 rings (SSSR count). The second-order valence-electron chi connectivity index (χ2n) is 7.99. The lowest BCUT2D eigenvalue weighted by atomic mass is 9.82. The van der Waals surface area contributed by atoms with Gasteiger partial charge in [-0.05, 0) is 35.8 Å². The van der Waals surface area contributed by atoms with E-state index in [9.17, 15) is 5.11 Å². The van der Waals surface area contributed by atoms with Crippen LogP contribution in [0.3, 0.4) is 0 Å². The summed E-state index contributed by atoms with van der Waals surface area (Å²) in [6.45, 7) is 9.94. The molecule has 1 aliphatic rings. The smallest absolute Gasteiger partial charge is 0.191 e. The van der Waals surface area contributed by atoms with Gasteiger partial charge >= 0.3 is 0 Å². The predicted octanol–water partition coefficient (Wildman–Crippen LogP) is 2.83. The largest absolute Gasteiger partial charge is 0.396 e. The first-order chi connectivity index (χ1) is 12.4. The van der Waals surface area contributed by atoms with Crippen molar-refractivity contribution in [1.82, 2.24) is 10.6 Å². The third-order valence-corrected chi connectivity index (χ3v) is 5.76. The fourth-order valence-electron chi connectivity index (χ4n) is 3.27. The topological polar surface area (TPSA) is 65.9 Å². The summed E-state index contributed by atoms with van der Waals surface area (Å²) in [4.78, 5) is 4.32. The summed E-state index contributed by atoms with van der Waals surface area (Å²) in [5.74, 6) is 0.784. The molecule has 0 amide bonds. The zero-order valence-corrected chi connectivity index (χ0v) is 16.8. The van der Waals surface area contributed by atoms with Crippen LogP contribution in [0.25, 0.3) is 0 Å². The molecule has 1 atom stereocenters. The van der Waals surface area contributed by atoms with Crippen LogP contribution in [-0.2, 0) is 16.7 Å². The maximum atomic E-state index is 9.33. The Morgan fingerprint density at radius 2 is 2.00 bits per heavy atom. The lowest BCUT2D eigenvalue weighted by Gasteiger charge is -2.27. The number of rotatable bonds is 8. The van der Waals surface area contributed by atoms with E-state index in [0.29, 0.717) is 6.61 Å². The molecule has 26 heavy (non-hydrogen) atoms. The van der Waals surface area contributed by atoms with E-state index < -0.39 is 0 Å². The van der Waals surface area contributed by atoms with Crippen molar-refractivity contribution in [3.8, 4) is 0 Å². The third-order valence-electron chi connectivity index (χ3n) is 5.76. The highest BCUT2D eigenvalue weighted by Crippen LogP contribution is 2.31. The van der Waals surface area contributed by atoms with E-state index in [1.165, 1.54) is 11.1 Å². The minimum Gasteiger partial charge on any atom is -0.396 e. The summed E-state index contributed by atoms with van der Waals surface area (Å²) in [7, 11) is 1.78. The normalized spacial score (nSPS) is 21.0. The lowest BCUT2D eigenvalue weighted by Crippen LogP contribution is -2.44. The van der Waals surface area contributed by atoms with Gasteiger partial charge in [0.1, 0.15) is 0 Å². The second kappa shape index (κ2) is 9.38.